The van der Waals surface area contributed by atoms with Gasteiger partial charge in [-0.25, -0.2) is 9.59 Å². The number of hydrogen-bond acceptors (Lipinski definition) is 13. The minimum absolute atomic E-state index is 0.00157. The number of nitrogens with zero attached hydrogens (tertiary/aromatic N) is 3. The van der Waals surface area contributed by atoms with Crippen molar-refractivity contribution >= 4 is 47.5 Å². The van der Waals surface area contributed by atoms with Crippen molar-refractivity contribution in [2.24, 2.45) is 29.4 Å². The van der Waals surface area contributed by atoms with Gasteiger partial charge in [0.05, 0.1) is 48.7 Å². The van der Waals surface area contributed by atoms with Gasteiger partial charge in [0.1, 0.15) is 24.9 Å². The molecule has 0 aromatic heterocycles. The Morgan fingerprint density at radius 1 is 0.772 bits per heavy atom. The number of aliphatic hydroxyl groups is 1. The highest BCUT2D eigenvalue weighted by Crippen LogP contribution is 2.30. The van der Waals surface area contributed by atoms with Crippen molar-refractivity contribution in [3.8, 4) is 0 Å². The second-order valence-corrected chi connectivity index (χ2v) is 21.6. The lowest BCUT2D eigenvalue weighted by Crippen LogP contribution is -2.61. The number of unbranched alkanes of at least 4 members (excludes halogenated alkanes) is 2. The van der Waals surface area contributed by atoms with Gasteiger partial charge in [0.25, 0.3) is 0 Å². The summed E-state index contributed by atoms with van der Waals surface area (Å²) in [5.41, 5.74) is 6.84. The molecule has 1 saturated heterocycles. The van der Waals surface area contributed by atoms with Crippen LogP contribution < -0.4 is 27.0 Å². The predicted octanol–water partition coefficient (Wildman–Crippen LogP) is 4.37. The fourth-order valence-electron chi connectivity index (χ4n) is 10.5. The van der Waals surface area contributed by atoms with Crippen LogP contribution in [0.5, 0.6) is 0 Å². The van der Waals surface area contributed by atoms with E-state index in [0.29, 0.717) is 45.1 Å². The average Bonchev–Trinajstić information content (AvgIpc) is 3.93. The number of benzene rings is 2. The maximum absolute atomic E-state index is 14.7. The lowest BCUT2D eigenvalue weighted by molar-refractivity contribution is -0.148. The van der Waals surface area contributed by atoms with E-state index in [1.54, 1.807) is 79.3 Å². The largest absolute Gasteiger partial charge is 0.480 e. The van der Waals surface area contributed by atoms with Crippen LogP contribution in [0, 0.1) is 23.7 Å². The molecule has 1 heterocycles. The van der Waals surface area contributed by atoms with E-state index in [-0.39, 0.29) is 80.7 Å². The van der Waals surface area contributed by atoms with E-state index >= 15 is 0 Å². The van der Waals surface area contributed by atoms with Gasteiger partial charge in [0.15, 0.2) is 0 Å². The molecule has 0 bridgehead atoms. The zero-order valence-electron chi connectivity index (χ0n) is 48.5. The number of carbonyl (C=O) groups is 8. The molecule has 1 aliphatic heterocycles. The van der Waals surface area contributed by atoms with Gasteiger partial charge in [-0.3, -0.25) is 34.1 Å². The summed E-state index contributed by atoms with van der Waals surface area (Å²) in [6, 6.07) is 13.1. The lowest BCUT2D eigenvalue weighted by Gasteiger charge is -2.42. The van der Waals surface area contributed by atoms with Crippen LogP contribution in [-0.4, -0.2) is 169 Å². The van der Waals surface area contributed by atoms with E-state index in [0.717, 1.165) is 11.1 Å². The summed E-state index contributed by atoms with van der Waals surface area (Å²) >= 11 is 0. The van der Waals surface area contributed by atoms with E-state index in [4.69, 9.17) is 19.9 Å². The number of carbonyl (C=O) groups excluding carboxylic acids is 7. The topological polar surface area (TPSA) is 289 Å². The first-order valence-electron chi connectivity index (χ1n) is 27.9. The summed E-state index contributed by atoms with van der Waals surface area (Å²) in [4.78, 5) is 111. The number of alkyl carbamates (subject to hydrolysis) is 1. The molecule has 1 fully saturated rings. The van der Waals surface area contributed by atoms with Crippen LogP contribution in [0.4, 0.5) is 4.79 Å². The van der Waals surface area contributed by atoms with Crippen molar-refractivity contribution in [2.45, 2.75) is 180 Å². The third-order valence-electron chi connectivity index (χ3n) is 15.2. The summed E-state index contributed by atoms with van der Waals surface area (Å²) < 4.78 is 17.2. The average molecular weight is 1110 g/mol. The fourth-order valence-corrected chi connectivity index (χ4v) is 10.5. The number of rotatable bonds is 35. The zero-order chi connectivity index (χ0) is 58.9. The molecular weight excluding hydrogens is 1020 g/mol. The molecule has 442 valence electrons. The molecule has 8 N–H and O–H groups in total. The Bertz CT molecular complexity index is 2240. The SMILES string of the molecule is CC[C@H](C)[C@@H]([C@@H](CC(=O)N1CCC[C@H]1[C@H](OC)[C@@H](C)C(=O)N[C@@H](Cc1ccccc1)C(=O)O)OC)N(C)C(=O)[C@@H](NC(O)[C@H](C(C)C)N(C)C(=O)CCCCCNC(=O)C(CCC(N)=O)NC(=O)OCc1ccccc1)C(C)C. The first kappa shape index (κ1) is 67.1. The monoisotopic (exact) mass is 1110 g/mol. The normalized spacial score (nSPS) is 17.2. The number of carboxylic acids is 1. The van der Waals surface area contributed by atoms with Crippen molar-refractivity contribution in [2.75, 3.05) is 41.4 Å². The highest BCUT2D eigenvalue weighted by Gasteiger charge is 2.44. The van der Waals surface area contributed by atoms with Crippen molar-refractivity contribution < 1.29 is 62.8 Å². The van der Waals surface area contributed by atoms with Gasteiger partial charge in [-0.05, 0) is 61.0 Å². The molecule has 3 rings (SSSR count). The van der Waals surface area contributed by atoms with Crippen LogP contribution in [0.2, 0.25) is 0 Å². The summed E-state index contributed by atoms with van der Waals surface area (Å²) in [5, 5.41) is 33.0. The number of hydrogen-bond donors (Lipinski definition) is 7. The maximum atomic E-state index is 14.7. The van der Waals surface area contributed by atoms with Crippen molar-refractivity contribution in [3.63, 3.8) is 0 Å². The number of methoxy groups -OCH3 is 2. The van der Waals surface area contributed by atoms with E-state index < -0.39 is 90.4 Å². The highest BCUT2D eigenvalue weighted by molar-refractivity contribution is 5.87. The van der Waals surface area contributed by atoms with Gasteiger partial charge >= 0.3 is 12.1 Å². The molecular formula is C58H92N8O13. The van der Waals surface area contributed by atoms with E-state index in [1.165, 1.54) is 19.1 Å². The molecule has 79 heavy (non-hydrogen) atoms. The van der Waals surface area contributed by atoms with Gasteiger partial charge in [-0.2, -0.15) is 0 Å². The number of aliphatic hydroxyl groups excluding tert-OH is 1. The molecule has 7 amide bonds. The first-order chi connectivity index (χ1) is 37.5. The smallest absolute Gasteiger partial charge is 0.408 e. The van der Waals surface area contributed by atoms with Gasteiger partial charge in [-0.15, -0.1) is 0 Å². The van der Waals surface area contributed by atoms with Crippen molar-refractivity contribution in [3.05, 3.63) is 71.8 Å². The molecule has 2 unspecified atom stereocenters. The Kier molecular flexibility index (Phi) is 29.0. The van der Waals surface area contributed by atoms with Crippen LogP contribution >= 0.6 is 0 Å². The van der Waals surface area contributed by atoms with Crippen LogP contribution in [0.25, 0.3) is 0 Å². The van der Waals surface area contributed by atoms with Gasteiger partial charge < -0.3 is 60.8 Å². The Morgan fingerprint density at radius 3 is 1.96 bits per heavy atom. The van der Waals surface area contributed by atoms with E-state index in [1.807, 2.05) is 53.7 Å². The van der Waals surface area contributed by atoms with Gasteiger partial charge in [0, 0.05) is 60.7 Å². The molecule has 0 saturated carbocycles. The second-order valence-electron chi connectivity index (χ2n) is 21.6. The molecule has 0 radical (unpaired) electrons. The van der Waals surface area contributed by atoms with Crippen LogP contribution in [0.3, 0.4) is 0 Å². The predicted molar refractivity (Wildman–Crippen MR) is 298 cm³/mol. The third-order valence-corrected chi connectivity index (χ3v) is 15.2. The molecule has 0 aliphatic carbocycles. The number of carboxylic acid groups (broad SMARTS) is 1. The fraction of sp³-hybridized carbons (Fsp3) is 0.655. The molecule has 2 aromatic carbocycles. The summed E-state index contributed by atoms with van der Waals surface area (Å²) in [6.45, 7) is 13.8. The third kappa shape index (κ3) is 21.1. The van der Waals surface area contributed by atoms with Crippen molar-refractivity contribution in [1.29, 1.82) is 0 Å². The zero-order valence-corrected chi connectivity index (χ0v) is 48.5. The standard InChI is InChI=1S/C58H92N8O13/c1-12-38(6)51(45(77-10)34-48(69)66-32-22-27-44(66)52(78-11)39(7)53(70)61-43(57(74)75)33-40-23-16-13-17-24-40)65(9)56(73)49(36(2)3)63-55(72)50(37(4)5)64(8)47(68)28-20-15-21-31-60-54(71)42(29-30-46(59)67)62-58(76)79-35-41-25-18-14-19-26-41/h13-14,16-19,23-26,36-39,42-45,49-52,55,63,72H,12,15,20-22,27-35H2,1-11H3,(H2,59,67)(H,60,71)(H,61,70)(H,62,76)(H,74,75)/t38-,39+,42?,43-,44-,45+,49-,50-,51-,52+,55?/m0/s1. The number of amides is 7. The number of nitrogens with two attached hydrogens (primary N) is 1. The van der Waals surface area contributed by atoms with Crippen LogP contribution in [-0.2, 0) is 60.8 Å². The number of aliphatic carboxylic acids is 1. The molecule has 2 aromatic rings. The Labute approximate surface area is 467 Å². The molecule has 0 spiro atoms. The maximum Gasteiger partial charge on any atom is 0.408 e. The van der Waals surface area contributed by atoms with Crippen LogP contribution in [0.15, 0.2) is 60.7 Å². The Hall–Kier alpha value is -6.16. The number of ether oxygens (including phenoxy) is 3. The lowest BCUT2D eigenvalue weighted by atomic mass is 9.89. The van der Waals surface area contributed by atoms with Gasteiger partial charge in [0.2, 0.25) is 35.4 Å². The van der Waals surface area contributed by atoms with Gasteiger partial charge in [-0.1, -0.05) is 122 Å². The summed E-state index contributed by atoms with van der Waals surface area (Å²) in [6.07, 6.45) is -0.173. The van der Waals surface area contributed by atoms with E-state index in [2.05, 4.69) is 21.3 Å². The summed E-state index contributed by atoms with van der Waals surface area (Å²) in [7, 11) is 6.27. The number of likely N-dealkylation sites (tertiary alicyclic amines) is 1. The molecule has 21 nitrogen and oxygen atoms in total. The highest BCUT2D eigenvalue weighted by atomic mass is 16.5. The number of nitrogens with one attached hydrogen (secondary N) is 4. The second kappa shape index (κ2) is 34.1. The van der Waals surface area contributed by atoms with E-state index in [9.17, 15) is 48.6 Å². The number of likely N-dealkylation sites (N-methyl/N-ethyl adjacent to an activating group) is 2. The molecule has 21 heteroatoms. The van der Waals surface area contributed by atoms with Crippen molar-refractivity contribution in [1.82, 2.24) is 36.0 Å². The Morgan fingerprint density at radius 2 is 1.41 bits per heavy atom. The quantitative estimate of drug-likeness (QED) is 0.0373. The first-order valence-corrected chi connectivity index (χ1v) is 27.9. The molecule has 11 atom stereocenters. The Balaban J connectivity index is 1.63. The number of primary amides is 1. The minimum Gasteiger partial charge on any atom is -0.480 e. The summed E-state index contributed by atoms with van der Waals surface area (Å²) in [5.74, 6) is -5.09. The van der Waals surface area contributed by atoms with Crippen LogP contribution in [0.1, 0.15) is 124 Å². The minimum atomic E-state index is -1.31. The molecule has 1 aliphatic rings.